The van der Waals surface area contributed by atoms with Crippen molar-refractivity contribution >= 4 is 27.7 Å². The number of amides is 2. The molecule has 0 aliphatic heterocycles. The number of hydrogen-bond donors (Lipinski definition) is 1. The van der Waals surface area contributed by atoms with Gasteiger partial charge in [0.25, 0.3) is 0 Å². The first kappa shape index (κ1) is 23.9. The van der Waals surface area contributed by atoms with E-state index in [1.807, 2.05) is 54.6 Å². The molecule has 2 rings (SSSR count). The second-order valence-electron chi connectivity index (χ2n) is 7.24. The van der Waals surface area contributed by atoms with Gasteiger partial charge in [-0.3, -0.25) is 9.59 Å². The second-order valence-corrected chi connectivity index (χ2v) is 8.15. The van der Waals surface area contributed by atoms with E-state index in [-0.39, 0.29) is 11.8 Å². The maximum absolute atomic E-state index is 13.0. The van der Waals surface area contributed by atoms with Gasteiger partial charge < -0.3 is 15.0 Å². The zero-order valence-electron chi connectivity index (χ0n) is 17.8. The van der Waals surface area contributed by atoms with Gasteiger partial charge in [0.1, 0.15) is 11.8 Å². The molecule has 2 aromatic carbocycles. The topological polar surface area (TPSA) is 58.6 Å². The first-order chi connectivity index (χ1) is 14.5. The van der Waals surface area contributed by atoms with Crippen LogP contribution in [0.5, 0.6) is 5.75 Å². The number of nitrogens with one attached hydrogen (secondary N) is 1. The highest BCUT2D eigenvalue weighted by Gasteiger charge is 2.25. The highest BCUT2D eigenvalue weighted by Crippen LogP contribution is 2.17. The lowest BCUT2D eigenvalue weighted by Gasteiger charge is -2.29. The molecule has 0 aromatic heterocycles. The number of unbranched alkanes of at least 4 members (excludes halogenated alkanes) is 1. The number of nitrogens with zero attached hydrogens (tertiary/aromatic N) is 1. The molecule has 0 heterocycles. The van der Waals surface area contributed by atoms with Crippen LogP contribution in [0, 0.1) is 0 Å². The molecule has 0 aliphatic carbocycles. The second kappa shape index (κ2) is 13.1. The highest BCUT2D eigenvalue weighted by molar-refractivity contribution is 9.10. The van der Waals surface area contributed by atoms with E-state index in [4.69, 9.17) is 4.74 Å². The molecular formula is C24H31BrN2O3. The summed E-state index contributed by atoms with van der Waals surface area (Å²) >= 11 is 3.47. The fraction of sp³-hybridized carbons (Fsp3) is 0.417. The summed E-state index contributed by atoms with van der Waals surface area (Å²) in [7, 11) is 0. The largest absolute Gasteiger partial charge is 0.494 e. The van der Waals surface area contributed by atoms with Gasteiger partial charge >= 0.3 is 0 Å². The number of carbonyl (C=O) groups excluding carboxylic acids is 2. The van der Waals surface area contributed by atoms with Crippen LogP contribution in [0.2, 0.25) is 0 Å². The summed E-state index contributed by atoms with van der Waals surface area (Å²) in [5, 5.41) is 2.94. The van der Waals surface area contributed by atoms with Crippen LogP contribution in [0.4, 0.5) is 0 Å². The van der Waals surface area contributed by atoms with Crippen LogP contribution in [-0.4, -0.2) is 35.9 Å². The van der Waals surface area contributed by atoms with Crippen molar-refractivity contribution in [3.8, 4) is 5.75 Å². The van der Waals surface area contributed by atoms with Crippen molar-refractivity contribution in [3.63, 3.8) is 0 Å². The molecule has 5 nitrogen and oxygen atoms in total. The van der Waals surface area contributed by atoms with E-state index in [1.54, 1.807) is 11.8 Å². The lowest BCUT2D eigenvalue weighted by molar-refractivity contribution is -0.140. The van der Waals surface area contributed by atoms with Crippen LogP contribution < -0.4 is 10.1 Å². The van der Waals surface area contributed by atoms with Crippen molar-refractivity contribution in [3.05, 3.63) is 64.6 Å². The van der Waals surface area contributed by atoms with Crippen LogP contribution in [0.1, 0.15) is 45.1 Å². The van der Waals surface area contributed by atoms with Crippen LogP contribution in [0.25, 0.3) is 0 Å². The Morgan fingerprint density at radius 1 is 1.10 bits per heavy atom. The number of ether oxygens (including phenoxy) is 1. The molecule has 1 atom stereocenters. The predicted molar refractivity (Wildman–Crippen MR) is 123 cm³/mol. The van der Waals surface area contributed by atoms with Gasteiger partial charge in [-0.15, -0.1) is 0 Å². The number of para-hydroxylation sites is 1. The smallest absolute Gasteiger partial charge is 0.242 e. The Morgan fingerprint density at radius 2 is 1.87 bits per heavy atom. The van der Waals surface area contributed by atoms with Crippen molar-refractivity contribution in [1.82, 2.24) is 10.2 Å². The Bertz CT molecular complexity index is 798. The van der Waals surface area contributed by atoms with Gasteiger partial charge in [-0.2, -0.15) is 0 Å². The van der Waals surface area contributed by atoms with Crippen molar-refractivity contribution in [2.45, 2.75) is 52.1 Å². The number of rotatable bonds is 12. The number of carbonyl (C=O) groups is 2. The highest BCUT2D eigenvalue weighted by atomic mass is 79.9. The van der Waals surface area contributed by atoms with Gasteiger partial charge in [-0.1, -0.05) is 59.6 Å². The summed E-state index contributed by atoms with van der Waals surface area (Å²) in [5.74, 6) is 0.622. The lowest BCUT2D eigenvalue weighted by atomic mass is 10.1. The normalized spacial score (nSPS) is 11.6. The number of benzene rings is 2. The van der Waals surface area contributed by atoms with Crippen molar-refractivity contribution in [2.24, 2.45) is 0 Å². The summed E-state index contributed by atoms with van der Waals surface area (Å²) in [6.45, 7) is 5.34. The average molecular weight is 475 g/mol. The molecule has 1 N–H and O–H groups in total. The maximum atomic E-state index is 13.0. The lowest BCUT2D eigenvalue weighted by Crippen LogP contribution is -2.47. The molecule has 6 heteroatoms. The SMILES string of the molecule is CCCCNC(=O)C(C)N(Cc1cccc(Br)c1)C(=O)CCCOc1ccccc1. The van der Waals surface area contributed by atoms with E-state index in [2.05, 4.69) is 28.2 Å². The minimum Gasteiger partial charge on any atom is -0.494 e. The van der Waals surface area contributed by atoms with Crippen LogP contribution >= 0.6 is 15.9 Å². The third-order valence-corrected chi connectivity index (χ3v) is 5.28. The zero-order chi connectivity index (χ0) is 21.8. The van der Waals surface area contributed by atoms with Gasteiger partial charge in [0, 0.05) is 24.0 Å². The van der Waals surface area contributed by atoms with Crippen molar-refractivity contribution < 1.29 is 14.3 Å². The van der Waals surface area contributed by atoms with Crippen molar-refractivity contribution in [2.75, 3.05) is 13.2 Å². The first-order valence-electron chi connectivity index (χ1n) is 10.5. The first-order valence-corrected chi connectivity index (χ1v) is 11.3. The van der Waals surface area contributed by atoms with E-state index in [9.17, 15) is 9.59 Å². The maximum Gasteiger partial charge on any atom is 0.242 e. The van der Waals surface area contributed by atoms with E-state index in [0.717, 1.165) is 28.6 Å². The zero-order valence-corrected chi connectivity index (χ0v) is 19.4. The van der Waals surface area contributed by atoms with Gasteiger partial charge in [0.05, 0.1) is 6.61 Å². The van der Waals surface area contributed by atoms with Crippen LogP contribution in [-0.2, 0) is 16.1 Å². The third kappa shape index (κ3) is 8.19. The Labute approximate surface area is 187 Å². The molecule has 0 bridgehead atoms. The van der Waals surface area contributed by atoms with E-state index in [0.29, 0.717) is 32.5 Å². The molecule has 0 radical (unpaired) electrons. The Kier molecular flexibility index (Phi) is 10.4. The summed E-state index contributed by atoms with van der Waals surface area (Å²) in [5.41, 5.74) is 0.978. The van der Waals surface area contributed by atoms with E-state index >= 15 is 0 Å². The molecule has 0 saturated carbocycles. The molecule has 2 aromatic rings. The fourth-order valence-corrected chi connectivity index (χ4v) is 3.47. The van der Waals surface area contributed by atoms with Crippen molar-refractivity contribution in [1.29, 1.82) is 0 Å². The Hall–Kier alpha value is -2.34. The van der Waals surface area contributed by atoms with E-state index in [1.165, 1.54) is 0 Å². The standard InChI is InChI=1S/C24H31BrN2O3/c1-3-4-15-26-24(29)19(2)27(18-20-10-8-11-21(25)17-20)23(28)14-9-16-30-22-12-6-5-7-13-22/h5-8,10-13,17,19H,3-4,9,14-16,18H2,1-2H3,(H,26,29). The summed E-state index contributed by atoms with van der Waals surface area (Å²) in [6.07, 6.45) is 2.85. The molecule has 0 fully saturated rings. The minimum absolute atomic E-state index is 0.0511. The van der Waals surface area contributed by atoms with Gasteiger partial charge in [0.15, 0.2) is 0 Å². The Balaban J connectivity index is 1.97. The fourth-order valence-electron chi connectivity index (χ4n) is 3.02. The summed E-state index contributed by atoms with van der Waals surface area (Å²) in [4.78, 5) is 27.3. The van der Waals surface area contributed by atoms with Crippen LogP contribution in [0.15, 0.2) is 59.1 Å². The molecular weight excluding hydrogens is 444 g/mol. The van der Waals surface area contributed by atoms with Gasteiger partial charge in [-0.25, -0.2) is 0 Å². The third-order valence-electron chi connectivity index (χ3n) is 4.79. The molecule has 0 aliphatic rings. The quantitative estimate of drug-likeness (QED) is 0.443. The van der Waals surface area contributed by atoms with Gasteiger partial charge in [0.2, 0.25) is 11.8 Å². The number of hydrogen-bond acceptors (Lipinski definition) is 3. The minimum atomic E-state index is -0.539. The summed E-state index contributed by atoms with van der Waals surface area (Å²) < 4.78 is 6.64. The Morgan fingerprint density at radius 3 is 2.57 bits per heavy atom. The molecule has 162 valence electrons. The van der Waals surface area contributed by atoms with Crippen LogP contribution in [0.3, 0.4) is 0 Å². The van der Waals surface area contributed by atoms with Gasteiger partial charge in [-0.05, 0) is 49.6 Å². The molecule has 1 unspecified atom stereocenters. The predicted octanol–water partition coefficient (Wildman–Crippen LogP) is 4.94. The molecule has 0 spiro atoms. The molecule has 2 amide bonds. The average Bonchev–Trinajstić information content (AvgIpc) is 2.75. The summed E-state index contributed by atoms with van der Waals surface area (Å²) in [6, 6.07) is 16.8. The van der Waals surface area contributed by atoms with E-state index < -0.39 is 6.04 Å². The number of halogens is 1. The molecule has 0 saturated heterocycles. The molecule has 30 heavy (non-hydrogen) atoms. The monoisotopic (exact) mass is 474 g/mol.